The number of ether oxygens (including phenoxy) is 1. The number of amides is 2. The summed E-state index contributed by atoms with van der Waals surface area (Å²) in [5, 5.41) is 5.68. The van der Waals surface area contributed by atoms with Gasteiger partial charge in [-0.3, -0.25) is 9.59 Å². The fourth-order valence-electron chi connectivity index (χ4n) is 2.77. The van der Waals surface area contributed by atoms with Gasteiger partial charge in [-0.1, -0.05) is 27.7 Å². The highest BCUT2D eigenvalue weighted by molar-refractivity contribution is 7.14. The lowest BCUT2D eigenvalue weighted by molar-refractivity contribution is -0.139. The van der Waals surface area contributed by atoms with Crippen LogP contribution in [0.3, 0.4) is 0 Å². The van der Waals surface area contributed by atoms with E-state index in [2.05, 4.69) is 10.6 Å². The monoisotopic (exact) mass is 384 g/mol. The van der Waals surface area contributed by atoms with E-state index in [1.807, 2.05) is 39.8 Å². The summed E-state index contributed by atoms with van der Waals surface area (Å²) in [4.78, 5) is 26.6. The first-order chi connectivity index (χ1) is 12.2. The second-order valence-corrected chi connectivity index (χ2v) is 8.97. The zero-order chi connectivity index (χ0) is 19.4. The Morgan fingerprint density at radius 3 is 2.50 bits per heavy atom. The third-order valence-corrected chi connectivity index (χ3v) is 5.97. The molecular formula is C19H29FN2O3S. The summed E-state index contributed by atoms with van der Waals surface area (Å²) < 4.78 is 19.8. The van der Waals surface area contributed by atoms with Crippen LogP contribution in [0.15, 0.2) is 12.1 Å². The fraction of sp³-hybridized carbons (Fsp3) is 0.684. The van der Waals surface area contributed by atoms with Crippen molar-refractivity contribution >= 4 is 23.2 Å². The van der Waals surface area contributed by atoms with E-state index in [0.29, 0.717) is 4.88 Å². The topological polar surface area (TPSA) is 67.4 Å². The number of rotatable bonds is 6. The third-order valence-electron chi connectivity index (χ3n) is 4.74. The summed E-state index contributed by atoms with van der Waals surface area (Å²) in [5.41, 5.74) is -2.17. The number of nitrogens with one attached hydrogen (secondary N) is 2. The van der Waals surface area contributed by atoms with Crippen LogP contribution >= 0.6 is 11.3 Å². The zero-order valence-corrected chi connectivity index (χ0v) is 16.8. The van der Waals surface area contributed by atoms with Gasteiger partial charge in [-0.15, -0.1) is 11.3 Å². The molecule has 2 N–H and O–H groups in total. The molecular weight excluding hydrogens is 355 g/mol. The Kier molecular flexibility index (Phi) is 6.80. The van der Waals surface area contributed by atoms with Crippen molar-refractivity contribution in [1.82, 2.24) is 10.6 Å². The van der Waals surface area contributed by atoms with Crippen molar-refractivity contribution in [2.75, 3.05) is 19.8 Å². The lowest BCUT2D eigenvalue weighted by Gasteiger charge is -2.33. The van der Waals surface area contributed by atoms with Crippen molar-refractivity contribution in [2.45, 2.75) is 58.7 Å². The molecule has 1 aromatic rings. The van der Waals surface area contributed by atoms with Gasteiger partial charge in [0.15, 0.2) is 5.67 Å². The number of alkyl halides is 1. The SMILES string of the molecule is CCc1ccc(C(=O)NC(CNC(=O)C2(F)CCOCC2)C(C)(C)C)s1. The number of aryl methyl sites for hydroxylation is 1. The molecule has 1 fully saturated rings. The van der Waals surface area contributed by atoms with Crippen molar-refractivity contribution in [3.8, 4) is 0 Å². The summed E-state index contributed by atoms with van der Waals surface area (Å²) in [7, 11) is 0. The van der Waals surface area contributed by atoms with Crippen LogP contribution in [0, 0.1) is 5.41 Å². The zero-order valence-electron chi connectivity index (χ0n) is 16.0. The normalized spacial score (nSPS) is 18.2. The molecule has 0 radical (unpaired) electrons. The molecule has 1 unspecified atom stereocenters. The predicted molar refractivity (Wildman–Crippen MR) is 101 cm³/mol. The average Bonchev–Trinajstić information content (AvgIpc) is 3.07. The Morgan fingerprint density at radius 1 is 1.31 bits per heavy atom. The second-order valence-electron chi connectivity index (χ2n) is 7.80. The Bertz CT molecular complexity index is 633. The van der Waals surface area contributed by atoms with E-state index in [0.717, 1.165) is 11.3 Å². The molecule has 2 rings (SSSR count). The smallest absolute Gasteiger partial charge is 0.261 e. The maximum atomic E-state index is 14.7. The Morgan fingerprint density at radius 2 is 1.96 bits per heavy atom. The van der Waals surface area contributed by atoms with Crippen LogP contribution < -0.4 is 10.6 Å². The first-order valence-corrected chi connectivity index (χ1v) is 9.92. The largest absolute Gasteiger partial charge is 0.381 e. The van der Waals surface area contributed by atoms with Crippen LogP contribution in [0.1, 0.15) is 55.1 Å². The van der Waals surface area contributed by atoms with E-state index in [-0.39, 0.29) is 50.0 Å². The van der Waals surface area contributed by atoms with Crippen molar-refractivity contribution in [1.29, 1.82) is 0 Å². The molecule has 146 valence electrons. The summed E-state index contributed by atoms with van der Waals surface area (Å²) >= 11 is 1.47. The molecule has 2 heterocycles. The number of carbonyl (C=O) groups excluding carboxylic acids is 2. The van der Waals surface area contributed by atoms with Gasteiger partial charge in [0, 0.05) is 24.3 Å². The molecule has 0 spiro atoms. The van der Waals surface area contributed by atoms with E-state index in [4.69, 9.17) is 4.74 Å². The minimum absolute atomic E-state index is 0.0698. The summed E-state index contributed by atoms with van der Waals surface area (Å²) in [6.07, 6.45) is 1.03. The first kappa shape index (κ1) is 20.8. The quantitative estimate of drug-likeness (QED) is 0.792. The van der Waals surface area contributed by atoms with Gasteiger partial charge >= 0.3 is 0 Å². The molecule has 0 aliphatic carbocycles. The Hall–Kier alpha value is -1.47. The van der Waals surface area contributed by atoms with Crippen LogP contribution in [0.5, 0.6) is 0 Å². The molecule has 1 aromatic heterocycles. The molecule has 26 heavy (non-hydrogen) atoms. The standard InChI is InChI=1S/C19H29FN2O3S/c1-5-13-6-7-14(26-13)16(23)22-15(18(2,3)4)12-21-17(24)19(20)8-10-25-11-9-19/h6-7,15H,5,8-12H2,1-4H3,(H,21,24)(H,22,23). The minimum atomic E-state index is -1.88. The van der Waals surface area contributed by atoms with E-state index in [1.165, 1.54) is 11.3 Å². The van der Waals surface area contributed by atoms with Gasteiger partial charge in [0.2, 0.25) is 0 Å². The molecule has 7 heteroatoms. The highest BCUT2D eigenvalue weighted by Crippen LogP contribution is 2.26. The van der Waals surface area contributed by atoms with E-state index >= 15 is 0 Å². The minimum Gasteiger partial charge on any atom is -0.381 e. The maximum Gasteiger partial charge on any atom is 0.261 e. The third kappa shape index (κ3) is 5.27. The molecule has 2 amide bonds. The summed E-state index contributed by atoms with van der Waals surface area (Å²) in [6, 6.07) is 3.45. The van der Waals surface area contributed by atoms with E-state index in [9.17, 15) is 14.0 Å². The molecule has 1 aliphatic rings. The van der Waals surface area contributed by atoms with Gasteiger partial charge < -0.3 is 15.4 Å². The lowest BCUT2D eigenvalue weighted by atomic mass is 9.86. The second kappa shape index (κ2) is 8.48. The van der Waals surface area contributed by atoms with Crippen LogP contribution in [-0.4, -0.2) is 43.3 Å². The Balaban J connectivity index is 1.99. The number of hydrogen-bond donors (Lipinski definition) is 2. The van der Waals surface area contributed by atoms with Gasteiger partial charge in [-0.25, -0.2) is 4.39 Å². The van der Waals surface area contributed by atoms with Gasteiger partial charge in [0.1, 0.15) is 0 Å². The first-order valence-electron chi connectivity index (χ1n) is 9.10. The lowest BCUT2D eigenvalue weighted by Crippen LogP contribution is -2.54. The molecule has 0 saturated carbocycles. The van der Waals surface area contributed by atoms with Gasteiger partial charge in [0.05, 0.1) is 24.1 Å². The van der Waals surface area contributed by atoms with E-state index < -0.39 is 11.6 Å². The van der Waals surface area contributed by atoms with Crippen LogP contribution in [0.25, 0.3) is 0 Å². The van der Waals surface area contributed by atoms with Crippen molar-refractivity contribution in [3.05, 3.63) is 21.9 Å². The van der Waals surface area contributed by atoms with Crippen LogP contribution in [-0.2, 0) is 16.0 Å². The average molecular weight is 385 g/mol. The van der Waals surface area contributed by atoms with Crippen molar-refractivity contribution < 1.29 is 18.7 Å². The van der Waals surface area contributed by atoms with Crippen molar-refractivity contribution in [3.63, 3.8) is 0 Å². The molecule has 1 aliphatic heterocycles. The fourth-order valence-corrected chi connectivity index (χ4v) is 3.62. The van der Waals surface area contributed by atoms with Crippen molar-refractivity contribution in [2.24, 2.45) is 5.41 Å². The van der Waals surface area contributed by atoms with Gasteiger partial charge in [0.25, 0.3) is 11.8 Å². The summed E-state index contributed by atoms with van der Waals surface area (Å²) in [5.74, 6) is -0.779. The number of thiophene rings is 1. The Labute approximate surface area is 158 Å². The molecule has 1 saturated heterocycles. The predicted octanol–water partition coefficient (Wildman–Crippen LogP) is 3.09. The number of carbonyl (C=O) groups is 2. The van der Waals surface area contributed by atoms with Gasteiger partial charge in [-0.05, 0) is 24.0 Å². The summed E-state index contributed by atoms with van der Waals surface area (Å²) in [6.45, 7) is 8.68. The number of hydrogen-bond acceptors (Lipinski definition) is 4. The molecule has 1 atom stereocenters. The maximum absolute atomic E-state index is 14.7. The van der Waals surface area contributed by atoms with Crippen LogP contribution in [0.4, 0.5) is 4.39 Å². The molecule has 0 bridgehead atoms. The number of halogens is 1. The highest BCUT2D eigenvalue weighted by Gasteiger charge is 2.40. The van der Waals surface area contributed by atoms with E-state index in [1.54, 1.807) is 0 Å². The molecule has 5 nitrogen and oxygen atoms in total. The van der Waals surface area contributed by atoms with Crippen LogP contribution in [0.2, 0.25) is 0 Å². The highest BCUT2D eigenvalue weighted by atomic mass is 32.1. The molecule has 0 aromatic carbocycles. The van der Waals surface area contributed by atoms with Gasteiger partial charge in [-0.2, -0.15) is 0 Å².